The van der Waals surface area contributed by atoms with Crippen molar-refractivity contribution in [3.8, 4) is 0 Å². The Labute approximate surface area is 57.4 Å². The maximum Gasteiger partial charge on any atom is 0.0494 e. The zero-order chi connectivity index (χ0) is 6.53. The van der Waals surface area contributed by atoms with E-state index < -0.39 is 0 Å². The van der Waals surface area contributed by atoms with Gasteiger partial charge in [0.2, 0.25) is 0 Å². The fourth-order valence-corrected chi connectivity index (χ4v) is 1.44. The third-order valence-corrected chi connectivity index (χ3v) is 1.95. The van der Waals surface area contributed by atoms with Crippen LogP contribution in [0.3, 0.4) is 0 Å². The van der Waals surface area contributed by atoms with Crippen LogP contribution in [-0.4, -0.2) is 13.2 Å². The Balaban J connectivity index is 2.08. The minimum atomic E-state index is 0.878. The maximum atomic E-state index is 5.33. The summed E-state index contributed by atoms with van der Waals surface area (Å²) in [5.41, 5.74) is 0. The van der Waals surface area contributed by atoms with Crippen LogP contribution in [0.2, 0.25) is 0 Å². The van der Waals surface area contributed by atoms with Crippen LogP contribution in [0.5, 0.6) is 0 Å². The molecule has 0 spiro atoms. The first kappa shape index (κ1) is 7.07. The molecule has 54 valence electrons. The van der Waals surface area contributed by atoms with Crippen molar-refractivity contribution in [1.29, 1.82) is 0 Å². The highest BCUT2D eigenvalue weighted by atomic mass is 16.5. The van der Waals surface area contributed by atoms with Crippen molar-refractivity contribution >= 4 is 0 Å². The fourth-order valence-electron chi connectivity index (χ4n) is 1.44. The lowest BCUT2D eigenvalue weighted by atomic mass is 9.98. The first-order valence-electron chi connectivity index (χ1n) is 4.01. The number of hydrogen-bond donors (Lipinski definition) is 0. The monoisotopic (exact) mass is 128 g/mol. The first-order chi connectivity index (χ1) is 4.43. The van der Waals surface area contributed by atoms with Gasteiger partial charge in [-0.1, -0.05) is 13.3 Å². The molecule has 0 aromatic rings. The average Bonchev–Trinajstić information content (AvgIpc) is 1.91. The highest BCUT2D eigenvalue weighted by Gasteiger charge is 2.11. The lowest BCUT2D eigenvalue weighted by Crippen LogP contribution is -2.16. The molecule has 1 atom stereocenters. The van der Waals surface area contributed by atoms with Crippen LogP contribution in [0.25, 0.3) is 0 Å². The van der Waals surface area contributed by atoms with E-state index in [1.165, 1.54) is 25.7 Å². The zero-order valence-electron chi connectivity index (χ0n) is 6.23. The summed E-state index contributed by atoms with van der Waals surface area (Å²) < 4.78 is 5.33. The standard InChI is InChI=1S/C8H16O/c1-2-4-8-5-3-6-9-7-8/h8H,2-7H2,1H3. The van der Waals surface area contributed by atoms with E-state index in [2.05, 4.69) is 6.92 Å². The maximum absolute atomic E-state index is 5.33. The quantitative estimate of drug-likeness (QED) is 0.554. The fraction of sp³-hybridized carbons (Fsp3) is 1.00. The second-order valence-corrected chi connectivity index (χ2v) is 2.87. The second kappa shape index (κ2) is 3.89. The van der Waals surface area contributed by atoms with Gasteiger partial charge in [-0.15, -0.1) is 0 Å². The molecule has 1 unspecified atom stereocenters. The van der Waals surface area contributed by atoms with Gasteiger partial charge in [-0.2, -0.15) is 0 Å². The molecule has 0 radical (unpaired) electrons. The Morgan fingerprint density at radius 2 is 2.44 bits per heavy atom. The summed E-state index contributed by atoms with van der Waals surface area (Å²) >= 11 is 0. The Morgan fingerprint density at radius 1 is 1.56 bits per heavy atom. The Hall–Kier alpha value is -0.0400. The number of ether oxygens (including phenoxy) is 1. The van der Waals surface area contributed by atoms with Crippen molar-refractivity contribution < 1.29 is 4.74 Å². The first-order valence-corrected chi connectivity index (χ1v) is 4.01. The topological polar surface area (TPSA) is 9.23 Å². The van der Waals surface area contributed by atoms with Gasteiger partial charge < -0.3 is 4.74 Å². The van der Waals surface area contributed by atoms with Crippen LogP contribution < -0.4 is 0 Å². The molecule has 1 fully saturated rings. The largest absolute Gasteiger partial charge is 0.381 e. The summed E-state index contributed by atoms with van der Waals surface area (Å²) in [6.45, 7) is 4.27. The molecule has 0 saturated carbocycles. The van der Waals surface area contributed by atoms with Crippen LogP contribution >= 0.6 is 0 Å². The van der Waals surface area contributed by atoms with Gasteiger partial charge >= 0.3 is 0 Å². The van der Waals surface area contributed by atoms with Crippen molar-refractivity contribution in [2.24, 2.45) is 5.92 Å². The van der Waals surface area contributed by atoms with Gasteiger partial charge in [0.15, 0.2) is 0 Å². The summed E-state index contributed by atoms with van der Waals surface area (Å²) in [5.74, 6) is 0.878. The van der Waals surface area contributed by atoms with Crippen molar-refractivity contribution in [3.63, 3.8) is 0 Å². The van der Waals surface area contributed by atoms with Gasteiger partial charge in [-0.3, -0.25) is 0 Å². The van der Waals surface area contributed by atoms with Gasteiger partial charge in [0.05, 0.1) is 0 Å². The third-order valence-electron chi connectivity index (χ3n) is 1.95. The predicted molar refractivity (Wildman–Crippen MR) is 38.5 cm³/mol. The summed E-state index contributed by atoms with van der Waals surface area (Å²) in [6.07, 6.45) is 5.35. The highest BCUT2D eigenvalue weighted by Crippen LogP contribution is 2.17. The minimum absolute atomic E-state index is 0.878. The van der Waals surface area contributed by atoms with E-state index in [1.807, 2.05) is 0 Å². The van der Waals surface area contributed by atoms with E-state index in [-0.39, 0.29) is 0 Å². The number of rotatable bonds is 2. The van der Waals surface area contributed by atoms with E-state index in [0.29, 0.717) is 0 Å². The molecule has 1 aliphatic rings. The smallest absolute Gasteiger partial charge is 0.0494 e. The average molecular weight is 128 g/mol. The van der Waals surface area contributed by atoms with Crippen molar-refractivity contribution in [1.82, 2.24) is 0 Å². The van der Waals surface area contributed by atoms with Crippen LogP contribution in [0, 0.1) is 5.92 Å². The minimum Gasteiger partial charge on any atom is -0.381 e. The molecule has 1 aliphatic heterocycles. The van der Waals surface area contributed by atoms with Crippen molar-refractivity contribution in [2.45, 2.75) is 32.6 Å². The van der Waals surface area contributed by atoms with Gasteiger partial charge in [-0.25, -0.2) is 0 Å². The molecular formula is C8H16O. The van der Waals surface area contributed by atoms with E-state index in [0.717, 1.165) is 19.1 Å². The molecule has 1 heteroatoms. The second-order valence-electron chi connectivity index (χ2n) is 2.87. The summed E-state index contributed by atoms with van der Waals surface area (Å²) in [6, 6.07) is 0. The van der Waals surface area contributed by atoms with E-state index in [9.17, 15) is 0 Å². The van der Waals surface area contributed by atoms with Crippen molar-refractivity contribution in [3.05, 3.63) is 0 Å². The zero-order valence-corrected chi connectivity index (χ0v) is 6.23. The Morgan fingerprint density at radius 3 is 3.00 bits per heavy atom. The molecule has 0 bridgehead atoms. The van der Waals surface area contributed by atoms with E-state index in [4.69, 9.17) is 4.74 Å². The SMILES string of the molecule is CCCC1CCCOC1. The highest BCUT2D eigenvalue weighted by molar-refractivity contribution is 4.61. The lowest BCUT2D eigenvalue weighted by Gasteiger charge is -2.20. The predicted octanol–water partition coefficient (Wildman–Crippen LogP) is 2.21. The van der Waals surface area contributed by atoms with E-state index in [1.54, 1.807) is 0 Å². The molecule has 1 heterocycles. The van der Waals surface area contributed by atoms with Crippen LogP contribution in [0.1, 0.15) is 32.6 Å². The van der Waals surface area contributed by atoms with Gasteiger partial charge in [-0.05, 0) is 25.2 Å². The Kier molecular flexibility index (Phi) is 3.05. The number of hydrogen-bond acceptors (Lipinski definition) is 1. The summed E-state index contributed by atoms with van der Waals surface area (Å²) in [4.78, 5) is 0. The van der Waals surface area contributed by atoms with Gasteiger partial charge in [0.1, 0.15) is 0 Å². The molecule has 0 N–H and O–H groups in total. The molecule has 0 aromatic heterocycles. The molecule has 9 heavy (non-hydrogen) atoms. The molecule has 0 amide bonds. The third kappa shape index (κ3) is 2.35. The van der Waals surface area contributed by atoms with Gasteiger partial charge in [0.25, 0.3) is 0 Å². The lowest BCUT2D eigenvalue weighted by molar-refractivity contribution is 0.0514. The van der Waals surface area contributed by atoms with Crippen LogP contribution in [0.15, 0.2) is 0 Å². The molecule has 0 aromatic carbocycles. The van der Waals surface area contributed by atoms with E-state index >= 15 is 0 Å². The normalized spacial score (nSPS) is 28.3. The Bertz CT molecular complexity index is 62.2. The van der Waals surface area contributed by atoms with Gasteiger partial charge in [0, 0.05) is 13.2 Å². The molecule has 1 rings (SSSR count). The summed E-state index contributed by atoms with van der Waals surface area (Å²) in [7, 11) is 0. The van der Waals surface area contributed by atoms with Crippen LogP contribution in [-0.2, 0) is 4.74 Å². The molecule has 0 aliphatic carbocycles. The van der Waals surface area contributed by atoms with Crippen LogP contribution in [0.4, 0.5) is 0 Å². The van der Waals surface area contributed by atoms with Crippen molar-refractivity contribution in [2.75, 3.05) is 13.2 Å². The summed E-state index contributed by atoms with van der Waals surface area (Å²) in [5, 5.41) is 0. The molecular weight excluding hydrogens is 112 g/mol. The molecule has 1 saturated heterocycles. The molecule has 1 nitrogen and oxygen atoms in total.